The molecule has 3 aromatic rings. The number of hydrogen-bond acceptors (Lipinski definition) is 2. The van der Waals surface area contributed by atoms with Gasteiger partial charge in [0.15, 0.2) is 0 Å². The normalized spacial score (nSPS) is 16.1. The number of aryl methyl sites for hydroxylation is 1. The smallest absolute Gasteiger partial charge is 0.253 e. The van der Waals surface area contributed by atoms with Crippen LogP contribution in [0.2, 0.25) is 0 Å². The largest absolute Gasteiger partial charge is 0.383 e. The lowest BCUT2D eigenvalue weighted by Gasteiger charge is -2.13. The standard InChI is InChI=1S/C21H22N2O2/c1-25-13-12-23-14-18(17-8-4-5-9-20(17)23)21(24)22-19-11-10-15-6-2-3-7-16(15)19/h2-9,14,19H,10-13H2,1H3,(H,22,24)/t19-/m0/s1. The van der Waals surface area contributed by atoms with Crippen LogP contribution in [0.1, 0.15) is 33.9 Å². The Balaban J connectivity index is 1.62. The van der Waals surface area contributed by atoms with Crippen molar-refractivity contribution in [3.05, 3.63) is 71.4 Å². The summed E-state index contributed by atoms with van der Waals surface area (Å²) in [6.07, 6.45) is 3.93. The molecular weight excluding hydrogens is 312 g/mol. The molecule has 0 aliphatic heterocycles. The van der Waals surface area contributed by atoms with Crippen molar-refractivity contribution in [1.29, 1.82) is 0 Å². The molecule has 4 heteroatoms. The SMILES string of the molecule is COCCn1cc(C(=O)N[C@H]2CCc3ccccc32)c2ccccc21. The van der Waals surface area contributed by atoms with E-state index < -0.39 is 0 Å². The van der Waals surface area contributed by atoms with Gasteiger partial charge in [0.05, 0.1) is 18.2 Å². The van der Waals surface area contributed by atoms with Gasteiger partial charge in [0.25, 0.3) is 5.91 Å². The molecule has 1 aliphatic rings. The maximum Gasteiger partial charge on any atom is 0.253 e. The Bertz CT molecular complexity index is 913. The highest BCUT2D eigenvalue weighted by molar-refractivity contribution is 6.07. The van der Waals surface area contributed by atoms with Crippen molar-refractivity contribution in [2.75, 3.05) is 13.7 Å². The highest BCUT2D eigenvalue weighted by atomic mass is 16.5. The van der Waals surface area contributed by atoms with E-state index in [2.05, 4.69) is 28.1 Å². The third kappa shape index (κ3) is 2.94. The van der Waals surface area contributed by atoms with Crippen LogP contribution in [-0.4, -0.2) is 24.2 Å². The van der Waals surface area contributed by atoms with Gasteiger partial charge in [-0.1, -0.05) is 42.5 Å². The molecule has 1 amide bonds. The van der Waals surface area contributed by atoms with Crippen LogP contribution in [-0.2, 0) is 17.7 Å². The van der Waals surface area contributed by atoms with E-state index in [9.17, 15) is 4.79 Å². The van der Waals surface area contributed by atoms with E-state index >= 15 is 0 Å². The Kier molecular flexibility index (Phi) is 4.28. The molecule has 4 rings (SSSR count). The maximum absolute atomic E-state index is 13.0. The number of benzene rings is 2. The van der Waals surface area contributed by atoms with Crippen LogP contribution in [0.15, 0.2) is 54.7 Å². The molecule has 0 saturated heterocycles. The third-order valence-electron chi connectivity index (χ3n) is 5.01. The van der Waals surface area contributed by atoms with Crippen molar-refractivity contribution in [2.24, 2.45) is 0 Å². The first-order valence-electron chi connectivity index (χ1n) is 8.73. The zero-order valence-electron chi connectivity index (χ0n) is 14.4. The monoisotopic (exact) mass is 334 g/mol. The van der Waals surface area contributed by atoms with Gasteiger partial charge in [0.1, 0.15) is 0 Å². The summed E-state index contributed by atoms with van der Waals surface area (Å²) in [5.41, 5.74) is 4.39. The van der Waals surface area contributed by atoms with Crippen molar-refractivity contribution in [3.8, 4) is 0 Å². The summed E-state index contributed by atoms with van der Waals surface area (Å²) in [4.78, 5) is 13.0. The lowest BCUT2D eigenvalue weighted by Crippen LogP contribution is -2.27. The van der Waals surface area contributed by atoms with Gasteiger partial charge in [-0.15, -0.1) is 0 Å². The molecule has 0 spiro atoms. The summed E-state index contributed by atoms with van der Waals surface area (Å²) in [6, 6.07) is 16.5. The number of rotatable bonds is 5. The van der Waals surface area contributed by atoms with Crippen LogP contribution >= 0.6 is 0 Å². The number of aromatic nitrogens is 1. The zero-order valence-corrected chi connectivity index (χ0v) is 14.4. The van der Waals surface area contributed by atoms with Crippen LogP contribution in [0.4, 0.5) is 0 Å². The Morgan fingerprint density at radius 2 is 2.00 bits per heavy atom. The number of nitrogens with one attached hydrogen (secondary N) is 1. The Hall–Kier alpha value is -2.59. The van der Waals surface area contributed by atoms with Gasteiger partial charge in [0.2, 0.25) is 0 Å². The highest BCUT2D eigenvalue weighted by Gasteiger charge is 2.25. The first-order chi connectivity index (χ1) is 12.3. The Morgan fingerprint density at radius 1 is 1.20 bits per heavy atom. The van der Waals surface area contributed by atoms with Crippen LogP contribution in [0, 0.1) is 0 Å². The van der Waals surface area contributed by atoms with E-state index in [0.29, 0.717) is 6.61 Å². The molecule has 4 nitrogen and oxygen atoms in total. The van der Waals surface area contributed by atoms with Gasteiger partial charge < -0.3 is 14.6 Å². The average molecular weight is 334 g/mol. The molecule has 0 radical (unpaired) electrons. The van der Waals surface area contributed by atoms with Crippen molar-refractivity contribution < 1.29 is 9.53 Å². The molecule has 2 aromatic carbocycles. The van der Waals surface area contributed by atoms with E-state index in [4.69, 9.17) is 4.74 Å². The van der Waals surface area contributed by atoms with E-state index in [0.717, 1.165) is 35.9 Å². The van der Waals surface area contributed by atoms with Gasteiger partial charge in [-0.25, -0.2) is 0 Å². The van der Waals surface area contributed by atoms with E-state index in [1.165, 1.54) is 11.1 Å². The maximum atomic E-state index is 13.0. The zero-order chi connectivity index (χ0) is 17.2. The van der Waals surface area contributed by atoms with Gasteiger partial charge in [-0.05, 0) is 30.0 Å². The fourth-order valence-electron chi connectivity index (χ4n) is 3.75. The van der Waals surface area contributed by atoms with Crippen LogP contribution in [0.25, 0.3) is 10.9 Å². The summed E-state index contributed by atoms with van der Waals surface area (Å²) >= 11 is 0. The quantitative estimate of drug-likeness (QED) is 0.773. The minimum atomic E-state index is -0.00549. The van der Waals surface area contributed by atoms with Gasteiger partial charge in [-0.2, -0.15) is 0 Å². The number of fused-ring (bicyclic) bond motifs is 2. The molecule has 1 atom stereocenters. The first kappa shape index (κ1) is 15.9. The first-order valence-corrected chi connectivity index (χ1v) is 8.73. The molecule has 0 bridgehead atoms. The summed E-state index contributed by atoms with van der Waals surface area (Å²) in [7, 11) is 1.69. The number of carbonyl (C=O) groups excluding carboxylic acids is 1. The molecule has 1 aromatic heterocycles. The van der Waals surface area contributed by atoms with E-state index in [1.54, 1.807) is 7.11 Å². The van der Waals surface area contributed by atoms with Crippen molar-refractivity contribution >= 4 is 16.8 Å². The molecule has 0 fully saturated rings. The fourth-order valence-corrected chi connectivity index (χ4v) is 3.75. The van der Waals surface area contributed by atoms with Crippen LogP contribution < -0.4 is 5.32 Å². The second-order valence-corrected chi connectivity index (χ2v) is 6.51. The molecule has 1 heterocycles. The van der Waals surface area contributed by atoms with Crippen molar-refractivity contribution in [3.63, 3.8) is 0 Å². The minimum Gasteiger partial charge on any atom is -0.383 e. The number of carbonyl (C=O) groups is 1. The predicted molar refractivity (Wildman–Crippen MR) is 98.8 cm³/mol. The Labute approximate surface area is 147 Å². The van der Waals surface area contributed by atoms with Crippen LogP contribution in [0.3, 0.4) is 0 Å². The molecule has 1 N–H and O–H groups in total. The molecule has 0 saturated carbocycles. The number of hydrogen-bond donors (Lipinski definition) is 1. The van der Waals surface area contributed by atoms with E-state index in [1.807, 2.05) is 36.5 Å². The van der Waals surface area contributed by atoms with Crippen molar-refractivity contribution in [1.82, 2.24) is 9.88 Å². The predicted octanol–water partition coefficient (Wildman–Crippen LogP) is 3.71. The number of nitrogens with zero attached hydrogens (tertiary/aromatic N) is 1. The lowest BCUT2D eigenvalue weighted by molar-refractivity contribution is 0.0938. The van der Waals surface area contributed by atoms with Gasteiger partial charge in [0, 0.05) is 30.8 Å². The lowest BCUT2D eigenvalue weighted by atomic mass is 10.1. The molecule has 1 aliphatic carbocycles. The van der Waals surface area contributed by atoms with Gasteiger partial charge >= 0.3 is 0 Å². The van der Waals surface area contributed by atoms with Gasteiger partial charge in [-0.3, -0.25) is 4.79 Å². The topological polar surface area (TPSA) is 43.3 Å². The average Bonchev–Trinajstić information content (AvgIpc) is 3.22. The summed E-state index contributed by atoms with van der Waals surface area (Å²) < 4.78 is 7.28. The number of amides is 1. The summed E-state index contributed by atoms with van der Waals surface area (Å²) in [5.74, 6) is -0.00549. The summed E-state index contributed by atoms with van der Waals surface area (Å²) in [6.45, 7) is 1.35. The number of ether oxygens (including phenoxy) is 1. The Morgan fingerprint density at radius 3 is 2.88 bits per heavy atom. The highest BCUT2D eigenvalue weighted by Crippen LogP contribution is 2.31. The summed E-state index contributed by atoms with van der Waals surface area (Å²) in [5, 5.41) is 4.22. The second kappa shape index (κ2) is 6.73. The third-order valence-corrected chi connectivity index (χ3v) is 5.01. The fraction of sp³-hybridized carbons (Fsp3) is 0.286. The molecule has 128 valence electrons. The second-order valence-electron chi connectivity index (χ2n) is 6.51. The molecule has 25 heavy (non-hydrogen) atoms. The van der Waals surface area contributed by atoms with E-state index in [-0.39, 0.29) is 11.9 Å². The minimum absolute atomic E-state index is 0.00549. The number of para-hydroxylation sites is 1. The number of methoxy groups -OCH3 is 1. The van der Waals surface area contributed by atoms with Crippen molar-refractivity contribution in [2.45, 2.75) is 25.4 Å². The van der Waals surface area contributed by atoms with Crippen LogP contribution in [0.5, 0.6) is 0 Å². The molecule has 0 unspecified atom stereocenters. The molecular formula is C21H22N2O2.